The molecule has 0 fully saturated rings. The van der Waals surface area contributed by atoms with Crippen molar-refractivity contribution in [1.82, 2.24) is 9.78 Å². The summed E-state index contributed by atoms with van der Waals surface area (Å²) in [4.78, 5) is 12.1. The summed E-state index contributed by atoms with van der Waals surface area (Å²) >= 11 is 0. The molecular formula is C15H19N3O3. The minimum absolute atomic E-state index is 0.146. The second-order valence-electron chi connectivity index (χ2n) is 4.45. The number of aromatic nitrogens is 2. The fourth-order valence-electron chi connectivity index (χ4n) is 1.93. The molecule has 0 saturated carbocycles. The highest BCUT2D eigenvalue weighted by Gasteiger charge is 2.10. The standard InChI is InChI=1S/C15H19N3O3/c1-3-18-9-12(8-16-18)15(20)17-13-5-6-14(21-4-2)11(7-13)10-19/h5-9,19H,3-4,10H2,1-2H3,(H,17,20). The second-order valence-corrected chi connectivity index (χ2v) is 4.45. The Morgan fingerprint density at radius 3 is 2.86 bits per heavy atom. The van der Waals surface area contributed by atoms with Gasteiger partial charge in [0.15, 0.2) is 0 Å². The lowest BCUT2D eigenvalue weighted by Gasteiger charge is -2.11. The van der Waals surface area contributed by atoms with E-state index in [1.807, 2.05) is 13.8 Å². The lowest BCUT2D eigenvalue weighted by Crippen LogP contribution is -2.11. The van der Waals surface area contributed by atoms with Crippen LogP contribution in [0.1, 0.15) is 29.8 Å². The van der Waals surface area contributed by atoms with E-state index in [1.54, 1.807) is 29.1 Å². The molecule has 2 rings (SSSR count). The third kappa shape index (κ3) is 3.61. The molecule has 0 aliphatic carbocycles. The Labute approximate surface area is 123 Å². The maximum Gasteiger partial charge on any atom is 0.258 e. The molecule has 6 heteroatoms. The monoisotopic (exact) mass is 289 g/mol. The van der Waals surface area contributed by atoms with Crippen LogP contribution < -0.4 is 10.1 Å². The number of hydrogen-bond acceptors (Lipinski definition) is 4. The van der Waals surface area contributed by atoms with Gasteiger partial charge in [-0.3, -0.25) is 9.48 Å². The van der Waals surface area contributed by atoms with E-state index in [1.165, 1.54) is 6.20 Å². The zero-order valence-corrected chi connectivity index (χ0v) is 12.2. The smallest absolute Gasteiger partial charge is 0.258 e. The normalized spacial score (nSPS) is 10.4. The van der Waals surface area contributed by atoms with Crippen LogP contribution in [0.3, 0.4) is 0 Å². The molecule has 1 heterocycles. The van der Waals surface area contributed by atoms with Gasteiger partial charge >= 0.3 is 0 Å². The fourth-order valence-corrected chi connectivity index (χ4v) is 1.93. The van der Waals surface area contributed by atoms with Crippen molar-refractivity contribution in [2.24, 2.45) is 0 Å². The van der Waals surface area contributed by atoms with Crippen molar-refractivity contribution in [3.05, 3.63) is 41.7 Å². The number of hydrogen-bond donors (Lipinski definition) is 2. The molecule has 112 valence electrons. The molecule has 0 saturated heterocycles. The summed E-state index contributed by atoms with van der Waals surface area (Å²) in [5.41, 5.74) is 1.74. The van der Waals surface area contributed by atoms with Crippen LogP contribution in [0.2, 0.25) is 0 Å². The van der Waals surface area contributed by atoms with Crippen LogP contribution >= 0.6 is 0 Å². The van der Waals surface area contributed by atoms with Gasteiger partial charge in [0.05, 0.1) is 25.0 Å². The molecule has 0 spiro atoms. The Bertz CT molecular complexity index is 622. The van der Waals surface area contributed by atoms with Gasteiger partial charge in [-0.2, -0.15) is 5.10 Å². The Kier molecular flexibility index (Phi) is 4.94. The van der Waals surface area contributed by atoms with Crippen LogP contribution in [0.25, 0.3) is 0 Å². The quantitative estimate of drug-likeness (QED) is 0.853. The van der Waals surface area contributed by atoms with Gasteiger partial charge in [0.25, 0.3) is 5.91 Å². The van der Waals surface area contributed by atoms with Gasteiger partial charge in [-0.25, -0.2) is 0 Å². The van der Waals surface area contributed by atoms with Crippen LogP contribution in [0, 0.1) is 0 Å². The van der Waals surface area contributed by atoms with Gasteiger partial charge in [-0.1, -0.05) is 0 Å². The van der Waals surface area contributed by atoms with E-state index < -0.39 is 0 Å². The molecular weight excluding hydrogens is 270 g/mol. The van der Waals surface area contributed by atoms with E-state index in [0.717, 1.165) is 0 Å². The number of carbonyl (C=O) groups is 1. The van der Waals surface area contributed by atoms with Crippen molar-refractivity contribution in [1.29, 1.82) is 0 Å². The van der Waals surface area contributed by atoms with Crippen LogP contribution in [0.5, 0.6) is 5.75 Å². The molecule has 21 heavy (non-hydrogen) atoms. The van der Waals surface area contributed by atoms with E-state index in [2.05, 4.69) is 10.4 Å². The molecule has 0 atom stereocenters. The molecule has 0 unspecified atom stereocenters. The zero-order chi connectivity index (χ0) is 15.2. The van der Waals surface area contributed by atoms with Crippen molar-refractivity contribution < 1.29 is 14.6 Å². The highest BCUT2D eigenvalue weighted by molar-refractivity contribution is 6.04. The van der Waals surface area contributed by atoms with Gasteiger partial charge < -0.3 is 15.2 Å². The number of carbonyl (C=O) groups excluding carboxylic acids is 1. The Morgan fingerprint density at radius 2 is 2.24 bits per heavy atom. The molecule has 2 N–H and O–H groups in total. The number of aryl methyl sites for hydroxylation is 1. The minimum atomic E-state index is -0.234. The summed E-state index contributed by atoms with van der Waals surface area (Å²) in [5, 5.41) is 16.2. The number of nitrogens with zero attached hydrogens (tertiary/aromatic N) is 2. The third-order valence-electron chi connectivity index (χ3n) is 3.01. The van der Waals surface area contributed by atoms with Crippen LogP contribution in [0.4, 0.5) is 5.69 Å². The van der Waals surface area contributed by atoms with E-state index >= 15 is 0 Å². The predicted molar refractivity (Wildman–Crippen MR) is 79.4 cm³/mol. The summed E-state index contributed by atoms with van der Waals surface area (Å²) in [6, 6.07) is 5.18. The Morgan fingerprint density at radius 1 is 1.43 bits per heavy atom. The number of ether oxygens (including phenoxy) is 1. The summed E-state index contributed by atoms with van der Waals surface area (Å²) in [6.07, 6.45) is 3.22. The van der Waals surface area contributed by atoms with Gasteiger partial charge in [-0.05, 0) is 32.0 Å². The largest absolute Gasteiger partial charge is 0.494 e. The number of amides is 1. The highest BCUT2D eigenvalue weighted by Crippen LogP contribution is 2.23. The molecule has 1 aromatic carbocycles. The molecule has 0 bridgehead atoms. The summed E-state index contributed by atoms with van der Waals surface area (Å²) < 4.78 is 7.09. The number of aliphatic hydroxyl groups excluding tert-OH is 1. The topological polar surface area (TPSA) is 76.4 Å². The molecule has 1 amide bonds. The summed E-state index contributed by atoms with van der Waals surface area (Å²) in [6.45, 7) is 4.92. The van der Waals surface area contributed by atoms with E-state index in [9.17, 15) is 9.90 Å². The molecule has 0 aliphatic heterocycles. The predicted octanol–water partition coefficient (Wildman–Crippen LogP) is 2.05. The molecule has 1 aromatic heterocycles. The average Bonchev–Trinajstić information content (AvgIpc) is 2.98. The fraction of sp³-hybridized carbons (Fsp3) is 0.333. The number of nitrogens with one attached hydrogen (secondary N) is 1. The van der Waals surface area contributed by atoms with Gasteiger partial charge in [0.2, 0.25) is 0 Å². The van der Waals surface area contributed by atoms with Gasteiger partial charge in [0, 0.05) is 24.0 Å². The van der Waals surface area contributed by atoms with Gasteiger partial charge in [0.1, 0.15) is 5.75 Å². The maximum absolute atomic E-state index is 12.1. The van der Waals surface area contributed by atoms with Crippen molar-refractivity contribution in [2.75, 3.05) is 11.9 Å². The first-order chi connectivity index (χ1) is 10.2. The van der Waals surface area contributed by atoms with Crippen molar-refractivity contribution in [2.45, 2.75) is 27.0 Å². The van der Waals surface area contributed by atoms with E-state index in [-0.39, 0.29) is 12.5 Å². The number of aliphatic hydroxyl groups is 1. The summed E-state index contributed by atoms with van der Waals surface area (Å²) in [7, 11) is 0. The third-order valence-corrected chi connectivity index (χ3v) is 3.01. The van der Waals surface area contributed by atoms with Crippen LogP contribution in [-0.4, -0.2) is 27.4 Å². The number of anilines is 1. The number of rotatable bonds is 6. The molecule has 6 nitrogen and oxygen atoms in total. The lowest BCUT2D eigenvalue weighted by atomic mass is 10.2. The Hall–Kier alpha value is -2.34. The average molecular weight is 289 g/mol. The Balaban J connectivity index is 2.13. The lowest BCUT2D eigenvalue weighted by molar-refractivity contribution is 0.102. The number of benzene rings is 1. The zero-order valence-electron chi connectivity index (χ0n) is 12.2. The molecule has 0 radical (unpaired) electrons. The summed E-state index contributed by atoms with van der Waals surface area (Å²) in [5.74, 6) is 0.388. The first-order valence-corrected chi connectivity index (χ1v) is 6.88. The van der Waals surface area contributed by atoms with E-state index in [4.69, 9.17) is 4.74 Å². The minimum Gasteiger partial charge on any atom is -0.494 e. The van der Waals surface area contributed by atoms with Crippen LogP contribution in [0.15, 0.2) is 30.6 Å². The van der Waals surface area contributed by atoms with Crippen molar-refractivity contribution in [3.63, 3.8) is 0 Å². The van der Waals surface area contributed by atoms with Crippen molar-refractivity contribution in [3.8, 4) is 5.75 Å². The van der Waals surface area contributed by atoms with E-state index in [0.29, 0.717) is 35.7 Å². The first kappa shape index (κ1) is 15.1. The van der Waals surface area contributed by atoms with Crippen LogP contribution in [-0.2, 0) is 13.2 Å². The second kappa shape index (κ2) is 6.90. The molecule has 2 aromatic rings. The van der Waals surface area contributed by atoms with Gasteiger partial charge in [-0.15, -0.1) is 0 Å². The highest BCUT2D eigenvalue weighted by atomic mass is 16.5. The molecule has 0 aliphatic rings. The first-order valence-electron chi connectivity index (χ1n) is 6.88. The maximum atomic E-state index is 12.1. The van der Waals surface area contributed by atoms with Crippen molar-refractivity contribution >= 4 is 11.6 Å². The SMILES string of the molecule is CCOc1ccc(NC(=O)c2cnn(CC)c2)cc1CO.